The first-order chi connectivity index (χ1) is 10.1. The molecule has 0 aliphatic rings. The highest BCUT2D eigenvalue weighted by molar-refractivity contribution is 6.30. The maximum absolute atomic E-state index is 13.5. The molecule has 0 aliphatic carbocycles. The number of halogens is 2. The van der Waals surface area contributed by atoms with Crippen molar-refractivity contribution in [3.63, 3.8) is 0 Å². The van der Waals surface area contributed by atoms with E-state index >= 15 is 0 Å². The molecule has 112 valence electrons. The maximum atomic E-state index is 13.5. The molecule has 1 nitrogen and oxygen atoms in total. The quantitative estimate of drug-likeness (QED) is 0.785. The Hall–Kier alpha value is -1.38. The molecule has 1 N–H and O–H groups in total. The van der Waals surface area contributed by atoms with E-state index in [4.69, 9.17) is 11.6 Å². The van der Waals surface area contributed by atoms with Crippen molar-refractivity contribution >= 4 is 11.6 Å². The molecule has 0 aromatic heterocycles. The predicted octanol–water partition coefficient (Wildman–Crippen LogP) is 5.07. The molecular formula is C18H21ClFN. The molecule has 0 amide bonds. The van der Waals surface area contributed by atoms with Crippen molar-refractivity contribution in [2.45, 2.75) is 32.7 Å². The summed E-state index contributed by atoms with van der Waals surface area (Å²) in [5.74, 6) is -0.153. The van der Waals surface area contributed by atoms with E-state index in [-0.39, 0.29) is 11.9 Å². The van der Waals surface area contributed by atoms with Gasteiger partial charge in [-0.25, -0.2) is 4.39 Å². The van der Waals surface area contributed by atoms with E-state index in [9.17, 15) is 4.39 Å². The van der Waals surface area contributed by atoms with Crippen LogP contribution in [0, 0.1) is 12.7 Å². The molecule has 0 heterocycles. The van der Waals surface area contributed by atoms with Gasteiger partial charge in [-0.15, -0.1) is 0 Å². The van der Waals surface area contributed by atoms with Gasteiger partial charge in [0.1, 0.15) is 5.82 Å². The van der Waals surface area contributed by atoms with Crippen molar-refractivity contribution in [2.75, 3.05) is 6.54 Å². The van der Waals surface area contributed by atoms with Gasteiger partial charge >= 0.3 is 0 Å². The van der Waals surface area contributed by atoms with Crippen LogP contribution in [-0.4, -0.2) is 6.54 Å². The Morgan fingerprint density at radius 3 is 2.48 bits per heavy atom. The van der Waals surface area contributed by atoms with E-state index in [1.807, 2.05) is 36.4 Å². The third kappa shape index (κ3) is 4.55. The first kappa shape index (κ1) is 16.0. The highest BCUT2D eigenvalue weighted by atomic mass is 35.5. The second-order valence-corrected chi connectivity index (χ2v) is 5.78. The zero-order valence-corrected chi connectivity index (χ0v) is 13.3. The lowest BCUT2D eigenvalue weighted by Gasteiger charge is -2.20. The summed E-state index contributed by atoms with van der Waals surface area (Å²) in [5.41, 5.74) is 3.03. The van der Waals surface area contributed by atoms with Gasteiger partial charge < -0.3 is 5.32 Å². The van der Waals surface area contributed by atoms with Crippen LogP contribution in [0.3, 0.4) is 0 Å². The van der Waals surface area contributed by atoms with Crippen LogP contribution >= 0.6 is 11.6 Å². The monoisotopic (exact) mass is 305 g/mol. The summed E-state index contributed by atoms with van der Waals surface area (Å²) in [6, 6.07) is 13.4. The Bertz CT molecular complexity index is 580. The van der Waals surface area contributed by atoms with Gasteiger partial charge in [0.2, 0.25) is 0 Å². The Balaban J connectivity index is 2.20. The molecule has 2 rings (SSSR count). The van der Waals surface area contributed by atoms with Gasteiger partial charge in [0.05, 0.1) is 0 Å². The summed E-state index contributed by atoms with van der Waals surface area (Å²) < 4.78 is 13.5. The van der Waals surface area contributed by atoms with Gasteiger partial charge in [-0.1, -0.05) is 42.8 Å². The molecule has 1 unspecified atom stereocenters. The van der Waals surface area contributed by atoms with Crippen molar-refractivity contribution in [2.24, 2.45) is 0 Å². The highest BCUT2D eigenvalue weighted by Crippen LogP contribution is 2.22. The summed E-state index contributed by atoms with van der Waals surface area (Å²) in [4.78, 5) is 0. The topological polar surface area (TPSA) is 12.0 Å². The minimum absolute atomic E-state index is 0.153. The van der Waals surface area contributed by atoms with E-state index in [0.29, 0.717) is 5.56 Å². The Morgan fingerprint density at radius 2 is 1.86 bits per heavy atom. The average molecular weight is 306 g/mol. The summed E-state index contributed by atoms with van der Waals surface area (Å²) in [5, 5.41) is 4.28. The minimum atomic E-state index is -0.153. The van der Waals surface area contributed by atoms with Crippen LogP contribution in [0.15, 0.2) is 42.5 Å². The minimum Gasteiger partial charge on any atom is -0.310 e. The predicted molar refractivity (Wildman–Crippen MR) is 87.3 cm³/mol. The van der Waals surface area contributed by atoms with E-state index in [1.54, 1.807) is 13.0 Å². The number of hydrogen-bond acceptors (Lipinski definition) is 1. The van der Waals surface area contributed by atoms with Crippen molar-refractivity contribution in [3.05, 3.63) is 70.0 Å². The number of hydrogen-bond donors (Lipinski definition) is 1. The normalized spacial score (nSPS) is 12.4. The third-order valence-electron chi connectivity index (χ3n) is 3.58. The highest BCUT2D eigenvalue weighted by Gasteiger charge is 2.13. The first-order valence-electron chi connectivity index (χ1n) is 7.34. The van der Waals surface area contributed by atoms with Crippen LogP contribution in [0.4, 0.5) is 4.39 Å². The van der Waals surface area contributed by atoms with Crippen LogP contribution in [0.2, 0.25) is 5.02 Å². The second kappa shape index (κ2) is 7.58. The summed E-state index contributed by atoms with van der Waals surface area (Å²) in [6.07, 6.45) is 1.93. The fourth-order valence-electron chi connectivity index (χ4n) is 2.37. The molecule has 0 fully saturated rings. The van der Waals surface area contributed by atoms with Crippen LogP contribution in [0.25, 0.3) is 0 Å². The number of aryl methyl sites for hydroxylation is 1. The van der Waals surface area contributed by atoms with Gasteiger partial charge in [0.25, 0.3) is 0 Å². The lowest BCUT2D eigenvalue weighted by atomic mass is 9.97. The molecule has 0 spiro atoms. The lowest BCUT2D eigenvalue weighted by molar-refractivity contribution is 0.527. The Kier molecular flexibility index (Phi) is 5.77. The second-order valence-electron chi connectivity index (χ2n) is 5.35. The number of nitrogens with one attached hydrogen (secondary N) is 1. The molecule has 0 saturated heterocycles. The Morgan fingerprint density at radius 1 is 1.14 bits per heavy atom. The average Bonchev–Trinajstić information content (AvgIpc) is 2.48. The molecule has 3 heteroatoms. The van der Waals surface area contributed by atoms with E-state index in [2.05, 4.69) is 12.2 Å². The molecular weight excluding hydrogens is 285 g/mol. The van der Waals surface area contributed by atoms with Gasteiger partial charge in [0.15, 0.2) is 0 Å². The zero-order valence-electron chi connectivity index (χ0n) is 12.5. The van der Waals surface area contributed by atoms with Crippen molar-refractivity contribution < 1.29 is 4.39 Å². The van der Waals surface area contributed by atoms with E-state index < -0.39 is 0 Å². The summed E-state index contributed by atoms with van der Waals surface area (Å²) in [7, 11) is 0. The first-order valence-corrected chi connectivity index (χ1v) is 7.72. The zero-order chi connectivity index (χ0) is 15.2. The SMILES string of the molecule is CCCNC(Cc1ccc(Cl)cc1)c1ccc(F)c(C)c1. The fraction of sp³-hybridized carbons (Fsp3) is 0.333. The fourth-order valence-corrected chi connectivity index (χ4v) is 2.49. The molecule has 1 atom stereocenters. The van der Waals surface area contributed by atoms with Crippen LogP contribution < -0.4 is 5.32 Å². The molecule has 2 aromatic carbocycles. The standard InChI is InChI=1S/C18H21ClFN/c1-3-10-21-18(12-14-4-7-16(19)8-5-14)15-6-9-17(20)13(2)11-15/h4-9,11,18,21H,3,10,12H2,1-2H3. The maximum Gasteiger partial charge on any atom is 0.126 e. The van der Waals surface area contributed by atoms with Crippen molar-refractivity contribution in [1.29, 1.82) is 0 Å². The number of rotatable bonds is 6. The molecule has 0 aliphatic heterocycles. The molecule has 21 heavy (non-hydrogen) atoms. The summed E-state index contributed by atoms with van der Waals surface area (Å²) in [6.45, 7) is 4.88. The Labute approximate surface area is 131 Å². The van der Waals surface area contributed by atoms with Crippen LogP contribution in [-0.2, 0) is 6.42 Å². The van der Waals surface area contributed by atoms with Gasteiger partial charge in [-0.3, -0.25) is 0 Å². The van der Waals surface area contributed by atoms with Crippen molar-refractivity contribution in [3.8, 4) is 0 Å². The lowest BCUT2D eigenvalue weighted by Crippen LogP contribution is -2.24. The third-order valence-corrected chi connectivity index (χ3v) is 3.83. The van der Waals surface area contributed by atoms with Gasteiger partial charge in [-0.2, -0.15) is 0 Å². The van der Waals surface area contributed by atoms with Crippen molar-refractivity contribution in [1.82, 2.24) is 5.32 Å². The van der Waals surface area contributed by atoms with E-state index in [1.165, 1.54) is 5.56 Å². The molecule has 2 aromatic rings. The number of benzene rings is 2. The molecule has 0 saturated carbocycles. The van der Waals surface area contributed by atoms with Gasteiger partial charge in [0, 0.05) is 11.1 Å². The van der Waals surface area contributed by atoms with Crippen LogP contribution in [0.5, 0.6) is 0 Å². The van der Waals surface area contributed by atoms with E-state index in [0.717, 1.165) is 30.0 Å². The smallest absolute Gasteiger partial charge is 0.126 e. The molecule has 0 bridgehead atoms. The van der Waals surface area contributed by atoms with Crippen LogP contribution in [0.1, 0.15) is 36.1 Å². The largest absolute Gasteiger partial charge is 0.310 e. The van der Waals surface area contributed by atoms with Gasteiger partial charge in [-0.05, 0) is 61.2 Å². The summed E-state index contributed by atoms with van der Waals surface area (Å²) >= 11 is 5.93. The molecule has 0 radical (unpaired) electrons.